The van der Waals surface area contributed by atoms with Crippen molar-refractivity contribution in [3.63, 3.8) is 0 Å². The Kier molecular flexibility index (Phi) is 6.12. The molecule has 11 heteroatoms. The smallest absolute Gasteiger partial charge is 0.198 e. The van der Waals surface area contributed by atoms with Crippen molar-refractivity contribution in [2.45, 2.75) is 30.7 Å². The van der Waals surface area contributed by atoms with Gasteiger partial charge in [-0.15, -0.1) is 0 Å². The lowest BCUT2D eigenvalue weighted by Crippen LogP contribution is -2.58. The number of hydrogen-bond donors (Lipinski definition) is 6. The molecule has 0 amide bonds. The molecule has 1 aliphatic heterocycles. The quantitative estimate of drug-likeness (QED) is 0.354. The Morgan fingerprint density at radius 1 is 1.26 bits per heavy atom. The van der Waals surface area contributed by atoms with Crippen molar-refractivity contribution in [1.29, 1.82) is 0 Å². The third-order valence-electron chi connectivity index (χ3n) is 3.29. The van der Waals surface area contributed by atoms with Gasteiger partial charge >= 0.3 is 0 Å². The van der Waals surface area contributed by atoms with Gasteiger partial charge in [0.2, 0.25) is 0 Å². The van der Waals surface area contributed by atoms with Crippen LogP contribution in [0.4, 0.5) is 0 Å². The molecule has 0 spiro atoms. The van der Waals surface area contributed by atoms with Gasteiger partial charge in [0.25, 0.3) is 0 Å². The van der Waals surface area contributed by atoms with Gasteiger partial charge in [-0.05, 0) is 12.2 Å². The predicted octanol–water partition coefficient (Wildman–Crippen LogP) is -1.55. The average Bonchev–Trinajstić information content (AvgIpc) is 3.01. The highest BCUT2D eigenvalue weighted by atomic mass is 32.1. The number of methoxy groups -OCH3 is 1. The minimum absolute atomic E-state index is 0.440. The average molecular weight is 346 g/mol. The molecule has 23 heavy (non-hydrogen) atoms. The number of H-pyrrole nitrogens is 2. The maximum Gasteiger partial charge on any atom is 0.198 e. The van der Waals surface area contributed by atoms with Crippen molar-refractivity contribution in [3.8, 4) is 0 Å². The number of rotatable bonds is 2. The summed E-state index contributed by atoms with van der Waals surface area (Å²) in [6.07, 6.45) is -2.66. The molecule has 0 aromatic carbocycles. The van der Waals surface area contributed by atoms with E-state index in [4.69, 9.17) is 26.8 Å². The Bertz CT molecular complexity index is 659. The molecule has 0 radical (unpaired) electrons. The molecular weight excluding hydrogens is 328 g/mol. The minimum atomic E-state index is -1.36. The number of nitrogens with zero attached hydrogens (tertiary/aromatic N) is 2. The van der Waals surface area contributed by atoms with E-state index in [0.29, 0.717) is 4.77 Å². The molecule has 0 aliphatic carbocycles. The van der Waals surface area contributed by atoms with Crippen molar-refractivity contribution in [2.24, 2.45) is 0 Å². The first-order valence-corrected chi connectivity index (χ1v) is 7.10. The van der Waals surface area contributed by atoms with Crippen LogP contribution < -0.4 is 0 Å². The first-order chi connectivity index (χ1) is 11.0. The summed E-state index contributed by atoms with van der Waals surface area (Å²) >= 11 is 4.78. The van der Waals surface area contributed by atoms with Crippen LogP contribution in [0.25, 0.3) is 11.2 Å². The first kappa shape index (κ1) is 17.9. The van der Waals surface area contributed by atoms with Gasteiger partial charge in [-0.1, -0.05) is 0 Å². The third kappa shape index (κ3) is 4.09. The van der Waals surface area contributed by atoms with Crippen LogP contribution >= 0.6 is 12.2 Å². The molecule has 2 aromatic rings. The summed E-state index contributed by atoms with van der Waals surface area (Å²) in [5.74, 6) is 0. The molecule has 1 fully saturated rings. The molecule has 0 bridgehead atoms. The maximum atomic E-state index is 9.28. The Balaban J connectivity index is 0.000000172. The van der Waals surface area contributed by atoms with Crippen molar-refractivity contribution in [2.75, 3.05) is 13.7 Å². The highest BCUT2D eigenvalue weighted by Gasteiger charge is 2.43. The van der Waals surface area contributed by atoms with E-state index in [1.807, 2.05) is 0 Å². The first-order valence-electron chi connectivity index (χ1n) is 6.69. The standard InChI is InChI=1S/C7H14O6.C5H4N4S/c1-12-7-6(11)5(10)4(9)3(2-8)13-7;10-5-6-1-3-4(9-5)8-2-7-3/h3-11H,2H2,1H3;1-2H,(H2,6,7,8,9,10)/t3-,4-,5+,6-,7?;/m1./s1. The van der Waals surface area contributed by atoms with E-state index in [1.54, 1.807) is 12.5 Å². The van der Waals surface area contributed by atoms with E-state index >= 15 is 0 Å². The van der Waals surface area contributed by atoms with Crippen molar-refractivity contribution in [3.05, 3.63) is 17.3 Å². The van der Waals surface area contributed by atoms with Crippen LogP contribution in [0.5, 0.6) is 0 Å². The number of ether oxygens (including phenoxy) is 2. The molecule has 10 nitrogen and oxygen atoms in total. The summed E-state index contributed by atoms with van der Waals surface area (Å²) < 4.78 is 10.1. The zero-order valence-corrected chi connectivity index (χ0v) is 13.0. The van der Waals surface area contributed by atoms with Crippen LogP contribution in [0.1, 0.15) is 0 Å². The number of aromatic nitrogens is 4. The number of aliphatic hydroxyl groups is 4. The normalized spacial score (nSPS) is 30.7. The number of fused-ring (bicyclic) bond motifs is 1. The van der Waals surface area contributed by atoms with Gasteiger partial charge in [0.1, 0.15) is 29.9 Å². The Labute approximate surface area is 135 Å². The molecule has 1 unspecified atom stereocenters. The SMILES string of the molecule is COC1O[C@H](CO)[C@@H](O)[C@H](O)[C@H]1O.S=c1ncc2[nH]cnc2[nH]1. The fourth-order valence-electron chi connectivity index (χ4n) is 2.02. The number of aromatic amines is 2. The van der Waals surface area contributed by atoms with Gasteiger partial charge in [0, 0.05) is 7.11 Å². The monoisotopic (exact) mass is 346 g/mol. The third-order valence-corrected chi connectivity index (χ3v) is 3.49. The zero-order valence-electron chi connectivity index (χ0n) is 12.2. The van der Waals surface area contributed by atoms with Crippen molar-refractivity contribution in [1.82, 2.24) is 19.9 Å². The molecule has 0 saturated carbocycles. The number of nitrogens with one attached hydrogen (secondary N) is 2. The van der Waals surface area contributed by atoms with E-state index < -0.39 is 37.3 Å². The molecular formula is C12H18N4O6S. The van der Waals surface area contributed by atoms with Crippen molar-refractivity contribution >= 4 is 23.4 Å². The van der Waals surface area contributed by atoms with E-state index in [9.17, 15) is 15.3 Å². The summed E-state index contributed by atoms with van der Waals surface area (Å²) in [4.78, 5) is 13.6. The molecule has 1 saturated heterocycles. The number of aliphatic hydroxyl groups excluding tert-OH is 4. The largest absolute Gasteiger partial charge is 0.394 e. The molecule has 2 aromatic heterocycles. The van der Waals surface area contributed by atoms with Gasteiger partial charge in [-0.25, -0.2) is 9.97 Å². The molecule has 5 atom stereocenters. The highest BCUT2D eigenvalue weighted by molar-refractivity contribution is 7.71. The van der Waals surface area contributed by atoms with Gasteiger partial charge in [-0.3, -0.25) is 0 Å². The highest BCUT2D eigenvalue weighted by Crippen LogP contribution is 2.21. The number of imidazole rings is 1. The van der Waals surface area contributed by atoms with Crippen LogP contribution in [0.3, 0.4) is 0 Å². The van der Waals surface area contributed by atoms with Crippen LogP contribution in [0.2, 0.25) is 0 Å². The van der Waals surface area contributed by atoms with E-state index in [1.165, 1.54) is 7.11 Å². The summed E-state index contributed by atoms with van der Waals surface area (Å²) in [5.41, 5.74) is 1.62. The molecule has 6 N–H and O–H groups in total. The Morgan fingerprint density at radius 3 is 2.65 bits per heavy atom. The topological polar surface area (TPSA) is 157 Å². The molecule has 3 rings (SSSR count). The summed E-state index contributed by atoms with van der Waals surface area (Å²) in [7, 11) is 1.30. The predicted molar refractivity (Wildman–Crippen MR) is 79.8 cm³/mol. The second-order valence-electron chi connectivity index (χ2n) is 4.79. The molecule has 128 valence electrons. The van der Waals surface area contributed by atoms with Crippen LogP contribution in [-0.2, 0) is 9.47 Å². The lowest BCUT2D eigenvalue weighted by molar-refractivity contribution is -0.294. The zero-order chi connectivity index (χ0) is 17.0. The van der Waals surface area contributed by atoms with Crippen molar-refractivity contribution < 1.29 is 29.9 Å². The minimum Gasteiger partial charge on any atom is -0.394 e. The Morgan fingerprint density at radius 2 is 2.00 bits per heavy atom. The molecule has 3 heterocycles. The van der Waals surface area contributed by atoms with Crippen LogP contribution in [0.15, 0.2) is 12.5 Å². The van der Waals surface area contributed by atoms with Gasteiger partial charge in [0.15, 0.2) is 16.7 Å². The van der Waals surface area contributed by atoms with Gasteiger partial charge < -0.3 is 39.9 Å². The fourth-order valence-corrected chi connectivity index (χ4v) is 2.17. The van der Waals surface area contributed by atoms with Crippen LogP contribution in [0, 0.1) is 4.77 Å². The van der Waals surface area contributed by atoms with E-state index in [0.717, 1.165) is 11.2 Å². The fraction of sp³-hybridized carbons (Fsp3) is 0.583. The maximum absolute atomic E-state index is 9.28. The summed E-state index contributed by atoms with van der Waals surface area (Å²) in [6.45, 7) is -0.440. The van der Waals surface area contributed by atoms with E-state index in [-0.39, 0.29) is 0 Å². The van der Waals surface area contributed by atoms with Crippen LogP contribution in [-0.4, -0.2) is 84.8 Å². The molecule has 1 aliphatic rings. The van der Waals surface area contributed by atoms with E-state index in [2.05, 4.69) is 19.9 Å². The van der Waals surface area contributed by atoms with Gasteiger partial charge in [-0.2, -0.15) is 0 Å². The lowest BCUT2D eigenvalue weighted by Gasteiger charge is -2.38. The summed E-state index contributed by atoms with van der Waals surface area (Å²) in [6, 6.07) is 0. The second-order valence-corrected chi connectivity index (χ2v) is 5.17. The summed E-state index contributed by atoms with van der Waals surface area (Å²) in [5, 5.41) is 36.6. The van der Waals surface area contributed by atoms with Gasteiger partial charge in [0.05, 0.1) is 19.1 Å². The second kappa shape index (κ2) is 7.88. The number of hydrogen-bond acceptors (Lipinski definition) is 9. The lowest BCUT2D eigenvalue weighted by atomic mass is 9.99. The Hall–Kier alpha value is -1.47.